The standard InChI is InChI=1S/C4H11N3OS/c1-9-3(8)2-7-4(5)6/h3,8H,2H2,1H3,(H4,5,6,7). The first-order chi connectivity index (χ1) is 4.16. The van der Waals surface area contributed by atoms with Crippen LogP contribution in [-0.2, 0) is 0 Å². The molecule has 0 aliphatic carbocycles. The first kappa shape index (κ1) is 8.58. The average Bonchev–Trinajstić information content (AvgIpc) is 1.83. The highest BCUT2D eigenvalue weighted by Crippen LogP contribution is 2.00. The van der Waals surface area contributed by atoms with E-state index < -0.39 is 5.44 Å². The molecule has 0 spiro atoms. The van der Waals surface area contributed by atoms with Crippen molar-refractivity contribution in [2.75, 3.05) is 12.8 Å². The van der Waals surface area contributed by atoms with Gasteiger partial charge in [-0.3, -0.25) is 4.99 Å². The molecule has 9 heavy (non-hydrogen) atoms. The van der Waals surface area contributed by atoms with E-state index in [-0.39, 0.29) is 12.5 Å². The van der Waals surface area contributed by atoms with Crippen LogP contribution in [-0.4, -0.2) is 29.3 Å². The highest BCUT2D eigenvalue weighted by Gasteiger charge is 1.96. The van der Waals surface area contributed by atoms with Crippen LogP contribution < -0.4 is 11.5 Å². The Balaban J connectivity index is 3.37. The van der Waals surface area contributed by atoms with Crippen molar-refractivity contribution in [1.82, 2.24) is 0 Å². The van der Waals surface area contributed by atoms with Gasteiger partial charge in [0.25, 0.3) is 0 Å². The van der Waals surface area contributed by atoms with Gasteiger partial charge in [0.2, 0.25) is 0 Å². The molecule has 0 aromatic carbocycles. The molecule has 1 unspecified atom stereocenters. The van der Waals surface area contributed by atoms with Crippen molar-refractivity contribution < 1.29 is 5.11 Å². The van der Waals surface area contributed by atoms with Crippen LogP contribution in [0.2, 0.25) is 0 Å². The average molecular weight is 149 g/mol. The van der Waals surface area contributed by atoms with Crippen LogP contribution >= 0.6 is 11.8 Å². The van der Waals surface area contributed by atoms with E-state index in [1.165, 1.54) is 11.8 Å². The predicted molar refractivity (Wildman–Crippen MR) is 40.2 cm³/mol. The maximum atomic E-state index is 8.85. The topological polar surface area (TPSA) is 84.6 Å². The second kappa shape index (κ2) is 4.46. The van der Waals surface area contributed by atoms with Crippen molar-refractivity contribution in [1.29, 1.82) is 0 Å². The summed E-state index contributed by atoms with van der Waals surface area (Å²) in [7, 11) is 0. The van der Waals surface area contributed by atoms with Gasteiger partial charge in [-0.1, -0.05) is 0 Å². The fourth-order valence-corrected chi connectivity index (χ4v) is 0.482. The van der Waals surface area contributed by atoms with Gasteiger partial charge in [0.05, 0.1) is 6.54 Å². The summed E-state index contributed by atoms with van der Waals surface area (Å²) in [5, 5.41) is 8.85. The summed E-state index contributed by atoms with van der Waals surface area (Å²) in [4.78, 5) is 3.60. The second-order valence-corrected chi connectivity index (χ2v) is 2.47. The van der Waals surface area contributed by atoms with Gasteiger partial charge in [0.1, 0.15) is 5.44 Å². The third kappa shape index (κ3) is 5.45. The van der Waals surface area contributed by atoms with Gasteiger partial charge >= 0.3 is 0 Å². The van der Waals surface area contributed by atoms with E-state index in [0.717, 1.165) is 0 Å². The lowest BCUT2D eigenvalue weighted by atomic mass is 10.7. The third-order valence-electron chi connectivity index (χ3n) is 0.702. The maximum Gasteiger partial charge on any atom is 0.186 e. The molecule has 0 aliphatic heterocycles. The van der Waals surface area contributed by atoms with Gasteiger partial charge in [-0.2, -0.15) is 0 Å². The number of nitrogens with two attached hydrogens (primary N) is 2. The molecular weight excluding hydrogens is 138 g/mol. The molecule has 0 heterocycles. The van der Waals surface area contributed by atoms with Crippen LogP contribution in [0, 0.1) is 0 Å². The Bertz CT molecular complexity index is 102. The fourth-order valence-electron chi connectivity index (χ4n) is 0.258. The molecule has 0 bridgehead atoms. The normalized spacial score (nSPS) is 12.7. The summed E-state index contributed by atoms with van der Waals surface area (Å²) in [6.45, 7) is 0.267. The summed E-state index contributed by atoms with van der Waals surface area (Å²) in [5.74, 6) is 0.0168. The second-order valence-electron chi connectivity index (χ2n) is 1.46. The minimum absolute atomic E-state index is 0.0168. The van der Waals surface area contributed by atoms with E-state index in [4.69, 9.17) is 16.6 Å². The number of hydrogen-bond donors (Lipinski definition) is 3. The number of rotatable bonds is 3. The van der Waals surface area contributed by atoms with E-state index in [1.54, 1.807) is 6.26 Å². The van der Waals surface area contributed by atoms with E-state index in [2.05, 4.69) is 4.99 Å². The van der Waals surface area contributed by atoms with Gasteiger partial charge in [0.15, 0.2) is 5.96 Å². The van der Waals surface area contributed by atoms with Crippen LogP contribution in [0.3, 0.4) is 0 Å². The van der Waals surface area contributed by atoms with E-state index in [0.29, 0.717) is 0 Å². The first-order valence-electron chi connectivity index (χ1n) is 2.43. The SMILES string of the molecule is CSC(O)CN=C(N)N. The van der Waals surface area contributed by atoms with E-state index in [1.807, 2.05) is 0 Å². The summed E-state index contributed by atoms with van der Waals surface area (Å²) in [6.07, 6.45) is 1.78. The van der Waals surface area contributed by atoms with Crippen LogP contribution in [0.25, 0.3) is 0 Å². The zero-order valence-electron chi connectivity index (χ0n) is 5.24. The van der Waals surface area contributed by atoms with Crippen molar-refractivity contribution in [3.8, 4) is 0 Å². The number of aliphatic hydroxyl groups is 1. The number of aliphatic imine (C=N–C) groups is 1. The number of nitrogens with zero attached hydrogens (tertiary/aromatic N) is 1. The zero-order chi connectivity index (χ0) is 7.28. The van der Waals surface area contributed by atoms with Gasteiger partial charge in [-0.25, -0.2) is 0 Å². The molecule has 54 valence electrons. The molecule has 0 fully saturated rings. The molecule has 0 aromatic rings. The summed E-state index contributed by atoms with van der Waals surface area (Å²) in [6, 6.07) is 0. The Morgan fingerprint density at radius 2 is 2.33 bits per heavy atom. The van der Waals surface area contributed by atoms with Gasteiger partial charge in [-0.15, -0.1) is 11.8 Å². The molecule has 4 nitrogen and oxygen atoms in total. The van der Waals surface area contributed by atoms with Crippen molar-refractivity contribution in [3.63, 3.8) is 0 Å². The number of guanidine groups is 1. The Morgan fingerprint density at radius 1 is 1.78 bits per heavy atom. The minimum Gasteiger partial charge on any atom is -0.381 e. The van der Waals surface area contributed by atoms with Crippen molar-refractivity contribution in [2.24, 2.45) is 16.5 Å². The van der Waals surface area contributed by atoms with Gasteiger partial charge in [0, 0.05) is 0 Å². The smallest absolute Gasteiger partial charge is 0.186 e. The predicted octanol–water partition coefficient (Wildman–Crippen LogP) is -1.06. The number of aliphatic hydroxyl groups excluding tert-OH is 1. The third-order valence-corrected chi connectivity index (χ3v) is 1.40. The molecule has 1 atom stereocenters. The zero-order valence-corrected chi connectivity index (χ0v) is 6.06. The molecule has 5 N–H and O–H groups in total. The van der Waals surface area contributed by atoms with Crippen molar-refractivity contribution in [3.05, 3.63) is 0 Å². The van der Waals surface area contributed by atoms with Gasteiger partial charge in [-0.05, 0) is 6.26 Å². The summed E-state index contributed by atoms with van der Waals surface area (Å²) >= 11 is 1.30. The summed E-state index contributed by atoms with van der Waals surface area (Å²) < 4.78 is 0. The Labute approximate surface area is 58.3 Å². The van der Waals surface area contributed by atoms with E-state index >= 15 is 0 Å². The molecule has 0 saturated heterocycles. The van der Waals surface area contributed by atoms with Crippen molar-refractivity contribution >= 4 is 17.7 Å². The molecule has 0 aliphatic rings. The molecule has 5 heteroatoms. The highest BCUT2D eigenvalue weighted by molar-refractivity contribution is 7.99. The van der Waals surface area contributed by atoms with Crippen molar-refractivity contribution in [2.45, 2.75) is 5.44 Å². The molecule has 0 saturated carbocycles. The highest BCUT2D eigenvalue weighted by atomic mass is 32.2. The Morgan fingerprint density at radius 3 is 2.67 bits per heavy atom. The number of thioether (sulfide) groups is 1. The molecular formula is C4H11N3OS. The molecule has 0 amide bonds. The largest absolute Gasteiger partial charge is 0.381 e. The lowest BCUT2D eigenvalue weighted by Crippen LogP contribution is -2.24. The molecule has 0 rings (SSSR count). The lowest BCUT2D eigenvalue weighted by Gasteiger charge is -2.01. The molecule has 0 radical (unpaired) electrons. The van der Waals surface area contributed by atoms with E-state index in [9.17, 15) is 0 Å². The lowest BCUT2D eigenvalue weighted by molar-refractivity contribution is 0.272. The number of hydrogen-bond acceptors (Lipinski definition) is 3. The monoisotopic (exact) mass is 149 g/mol. The van der Waals surface area contributed by atoms with Crippen LogP contribution in [0.4, 0.5) is 0 Å². The molecule has 0 aromatic heterocycles. The van der Waals surface area contributed by atoms with Crippen LogP contribution in [0.1, 0.15) is 0 Å². The maximum absolute atomic E-state index is 8.85. The first-order valence-corrected chi connectivity index (χ1v) is 3.72. The minimum atomic E-state index is -0.493. The van der Waals surface area contributed by atoms with Gasteiger partial charge < -0.3 is 16.6 Å². The quantitative estimate of drug-likeness (QED) is 0.271. The Kier molecular flexibility index (Phi) is 4.25. The fraction of sp³-hybridized carbons (Fsp3) is 0.750. The summed E-state index contributed by atoms with van der Waals surface area (Å²) in [5.41, 5.74) is 9.51. The van der Waals surface area contributed by atoms with Crippen LogP contribution in [0.5, 0.6) is 0 Å². The Hall–Kier alpha value is -0.420. The van der Waals surface area contributed by atoms with Crippen LogP contribution in [0.15, 0.2) is 4.99 Å².